The fourth-order valence-electron chi connectivity index (χ4n) is 4.29. The van der Waals surface area contributed by atoms with Crippen LogP contribution in [0.3, 0.4) is 0 Å². The average molecular weight is 508 g/mol. The number of benzene rings is 3. The SMILES string of the molecule is CCCN(CC#Cc1cccc2ccccc12)Cc1cccc(OCc2cc(-c3ccsc3)cs2)c1. The van der Waals surface area contributed by atoms with Crippen molar-refractivity contribution in [3.8, 4) is 28.7 Å². The maximum atomic E-state index is 6.15. The molecule has 4 heteroatoms. The second kappa shape index (κ2) is 12.1. The van der Waals surface area contributed by atoms with Gasteiger partial charge < -0.3 is 4.74 Å². The third-order valence-corrected chi connectivity index (χ3v) is 7.64. The molecule has 0 saturated carbocycles. The summed E-state index contributed by atoms with van der Waals surface area (Å²) in [6, 6.07) is 27.6. The lowest BCUT2D eigenvalue weighted by Gasteiger charge is -2.19. The van der Waals surface area contributed by atoms with Crippen LogP contribution in [-0.2, 0) is 13.2 Å². The molecule has 0 bridgehead atoms. The van der Waals surface area contributed by atoms with E-state index in [-0.39, 0.29) is 0 Å². The van der Waals surface area contributed by atoms with Crippen LogP contribution in [0, 0.1) is 11.8 Å². The summed E-state index contributed by atoms with van der Waals surface area (Å²) in [5, 5.41) is 8.96. The van der Waals surface area contributed by atoms with Crippen LogP contribution in [-0.4, -0.2) is 18.0 Å². The number of nitrogens with zero attached hydrogens (tertiary/aromatic N) is 1. The Morgan fingerprint density at radius 3 is 2.67 bits per heavy atom. The predicted octanol–water partition coefficient (Wildman–Crippen LogP) is 8.47. The second-order valence-corrected chi connectivity index (χ2v) is 10.6. The third kappa shape index (κ3) is 6.25. The lowest BCUT2D eigenvalue weighted by molar-refractivity contribution is 0.294. The highest BCUT2D eigenvalue weighted by molar-refractivity contribution is 7.10. The molecule has 0 amide bonds. The van der Waals surface area contributed by atoms with Crippen molar-refractivity contribution >= 4 is 33.4 Å². The third-order valence-electron chi connectivity index (χ3n) is 6.05. The van der Waals surface area contributed by atoms with Crippen molar-refractivity contribution in [2.24, 2.45) is 0 Å². The van der Waals surface area contributed by atoms with Crippen molar-refractivity contribution < 1.29 is 4.74 Å². The molecule has 0 aliphatic rings. The molecule has 0 saturated heterocycles. The van der Waals surface area contributed by atoms with Gasteiger partial charge in [0.1, 0.15) is 12.4 Å². The molecular weight excluding hydrogens is 478 g/mol. The Morgan fingerprint density at radius 1 is 0.889 bits per heavy atom. The zero-order valence-electron chi connectivity index (χ0n) is 20.4. The Hall–Kier alpha value is -3.36. The van der Waals surface area contributed by atoms with Crippen molar-refractivity contribution in [3.63, 3.8) is 0 Å². The number of rotatable bonds is 9. The van der Waals surface area contributed by atoms with E-state index in [0.717, 1.165) is 37.4 Å². The Bertz CT molecular complexity index is 1470. The van der Waals surface area contributed by atoms with Gasteiger partial charge in [0, 0.05) is 17.0 Å². The minimum atomic E-state index is 0.591. The van der Waals surface area contributed by atoms with Gasteiger partial charge in [0.05, 0.1) is 6.54 Å². The molecule has 3 aromatic carbocycles. The molecular formula is C32H29NOS2. The summed E-state index contributed by atoms with van der Waals surface area (Å²) < 4.78 is 6.15. The Balaban J connectivity index is 1.21. The summed E-state index contributed by atoms with van der Waals surface area (Å²) in [5.41, 5.74) is 4.89. The van der Waals surface area contributed by atoms with E-state index in [1.807, 2.05) is 6.07 Å². The number of hydrogen-bond donors (Lipinski definition) is 0. The average Bonchev–Trinajstić information content (AvgIpc) is 3.60. The minimum absolute atomic E-state index is 0.591. The number of thiophene rings is 2. The van der Waals surface area contributed by atoms with Gasteiger partial charge in [-0.1, -0.05) is 67.3 Å². The first-order valence-electron chi connectivity index (χ1n) is 12.3. The number of fused-ring (bicyclic) bond motifs is 1. The molecule has 5 rings (SSSR count). The van der Waals surface area contributed by atoms with E-state index < -0.39 is 0 Å². The number of ether oxygens (including phenoxy) is 1. The summed E-state index contributed by atoms with van der Waals surface area (Å²) in [4.78, 5) is 3.64. The Kier molecular flexibility index (Phi) is 8.15. The van der Waals surface area contributed by atoms with E-state index >= 15 is 0 Å². The van der Waals surface area contributed by atoms with Gasteiger partial charge in [-0.15, -0.1) is 11.3 Å². The Morgan fingerprint density at radius 2 is 1.78 bits per heavy atom. The van der Waals surface area contributed by atoms with Gasteiger partial charge in [-0.25, -0.2) is 0 Å². The maximum absolute atomic E-state index is 6.15. The highest BCUT2D eigenvalue weighted by Crippen LogP contribution is 2.28. The van der Waals surface area contributed by atoms with E-state index in [9.17, 15) is 0 Å². The molecule has 36 heavy (non-hydrogen) atoms. The van der Waals surface area contributed by atoms with Gasteiger partial charge in [-0.3, -0.25) is 4.90 Å². The quantitative estimate of drug-likeness (QED) is 0.186. The van der Waals surface area contributed by atoms with Gasteiger partial charge >= 0.3 is 0 Å². The summed E-state index contributed by atoms with van der Waals surface area (Å²) in [5.74, 6) is 7.74. The normalized spacial score (nSPS) is 10.9. The van der Waals surface area contributed by atoms with Gasteiger partial charge in [0.25, 0.3) is 0 Å². The predicted molar refractivity (Wildman–Crippen MR) is 155 cm³/mol. The lowest BCUT2D eigenvalue weighted by Crippen LogP contribution is -2.24. The lowest BCUT2D eigenvalue weighted by atomic mass is 10.1. The zero-order valence-corrected chi connectivity index (χ0v) is 22.1. The summed E-state index contributed by atoms with van der Waals surface area (Å²) in [7, 11) is 0. The molecule has 180 valence electrons. The molecule has 2 nitrogen and oxygen atoms in total. The topological polar surface area (TPSA) is 12.5 Å². The molecule has 0 aliphatic carbocycles. The van der Waals surface area contributed by atoms with Crippen LogP contribution in [0.1, 0.15) is 29.3 Å². The summed E-state index contributed by atoms with van der Waals surface area (Å²) >= 11 is 3.48. The largest absolute Gasteiger partial charge is 0.488 e. The van der Waals surface area contributed by atoms with Gasteiger partial charge in [-0.2, -0.15) is 11.3 Å². The first-order chi connectivity index (χ1) is 17.8. The fourth-order valence-corrected chi connectivity index (χ4v) is 5.76. The van der Waals surface area contributed by atoms with Crippen molar-refractivity contribution in [3.05, 3.63) is 111 Å². The molecule has 0 unspecified atom stereocenters. The molecule has 0 spiro atoms. The smallest absolute Gasteiger partial charge is 0.122 e. The zero-order chi connectivity index (χ0) is 24.6. The van der Waals surface area contributed by atoms with Crippen LogP contribution in [0.5, 0.6) is 5.75 Å². The van der Waals surface area contributed by atoms with E-state index in [0.29, 0.717) is 6.61 Å². The summed E-state index contributed by atoms with van der Waals surface area (Å²) in [6.07, 6.45) is 1.09. The first kappa shape index (κ1) is 24.3. The van der Waals surface area contributed by atoms with Crippen molar-refractivity contribution in [1.29, 1.82) is 0 Å². The second-order valence-electron chi connectivity index (χ2n) is 8.79. The van der Waals surface area contributed by atoms with Gasteiger partial charge in [0.2, 0.25) is 0 Å². The molecule has 0 aliphatic heterocycles. The van der Waals surface area contributed by atoms with E-state index in [1.54, 1.807) is 22.7 Å². The van der Waals surface area contributed by atoms with Crippen molar-refractivity contribution in [2.75, 3.05) is 13.1 Å². The number of hydrogen-bond acceptors (Lipinski definition) is 4. The molecule has 5 aromatic rings. The molecule has 0 radical (unpaired) electrons. The molecule has 0 N–H and O–H groups in total. The van der Waals surface area contributed by atoms with E-state index in [4.69, 9.17) is 4.74 Å². The molecule has 0 atom stereocenters. The van der Waals surface area contributed by atoms with Crippen LogP contribution in [0.15, 0.2) is 95.0 Å². The highest BCUT2D eigenvalue weighted by Gasteiger charge is 2.07. The Labute approximate surface area is 221 Å². The van der Waals surface area contributed by atoms with Crippen molar-refractivity contribution in [1.82, 2.24) is 4.90 Å². The van der Waals surface area contributed by atoms with Crippen LogP contribution in [0.4, 0.5) is 0 Å². The van der Waals surface area contributed by atoms with E-state index in [1.165, 1.54) is 32.3 Å². The van der Waals surface area contributed by atoms with Gasteiger partial charge in [0.15, 0.2) is 0 Å². The highest BCUT2D eigenvalue weighted by atomic mass is 32.1. The van der Waals surface area contributed by atoms with Crippen LogP contribution in [0.2, 0.25) is 0 Å². The van der Waals surface area contributed by atoms with Gasteiger partial charge in [-0.05, 0) is 86.9 Å². The first-order valence-corrected chi connectivity index (χ1v) is 14.1. The standard InChI is InChI=1S/C32H29NOS2/c1-2-16-33(17-7-12-27-11-6-10-26-9-3-4-14-32(26)27)21-25-8-5-13-30(19-25)34-22-31-20-29(24-36-31)28-15-18-35-23-28/h3-6,8-11,13-15,18-20,23-24H,2,16-17,21-22H2,1H3. The van der Waals surface area contributed by atoms with Crippen molar-refractivity contribution in [2.45, 2.75) is 26.5 Å². The molecule has 2 heterocycles. The van der Waals surface area contributed by atoms with Crippen LogP contribution < -0.4 is 4.74 Å². The molecule has 2 aromatic heterocycles. The van der Waals surface area contributed by atoms with Crippen LogP contribution in [0.25, 0.3) is 21.9 Å². The monoisotopic (exact) mass is 507 g/mol. The minimum Gasteiger partial charge on any atom is -0.488 e. The summed E-state index contributed by atoms with van der Waals surface area (Å²) in [6.45, 7) is 5.42. The maximum Gasteiger partial charge on any atom is 0.122 e. The molecule has 0 fully saturated rings. The fraction of sp³-hybridized carbons (Fsp3) is 0.188. The van der Waals surface area contributed by atoms with Crippen LogP contribution >= 0.6 is 22.7 Å². The van der Waals surface area contributed by atoms with E-state index in [2.05, 4.69) is 113 Å².